The summed E-state index contributed by atoms with van der Waals surface area (Å²) in [5.41, 5.74) is 6.41. The first-order valence-electron chi connectivity index (χ1n) is 7.94. The Labute approximate surface area is 155 Å². The summed E-state index contributed by atoms with van der Waals surface area (Å²) in [6, 6.07) is 14.8. The molecule has 1 aromatic carbocycles. The van der Waals surface area contributed by atoms with Gasteiger partial charge in [0.05, 0.1) is 11.8 Å². The van der Waals surface area contributed by atoms with Gasteiger partial charge < -0.3 is 10.2 Å². The maximum atomic E-state index is 12.4. The van der Waals surface area contributed by atoms with Gasteiger partial charge in [0.25, 0.3) is 0 Å². The van der Waals surface area contributed by atoms with E-state index in [9.17, 15) is 13.2 Å². The predicted octanol–water partition coefficient (Wildman–Crippen LogP) is 2.94. The van der Waals surface area contributed by atoms with Gasteiger partial charge in [-0.25, -0.2) is 13.1 Å². The van der Waals surface area contributed by atoms with Gasteiger partial charge in [-0.15, -0.1) is 11.3 Å². The standard InChI is InChI=1S/C18H18N2O4S2/c19-18(21)14-11-17(25-12-14)26(22,23)20-9-8-15(16-7-4-10-24-16)13-5-2-1-3-6-13/h1-7,10-12,15,20H,8-9H2,(H2,19,21)/t15-/m1/s1. The molecule has 1 atom stereocenters. The SMILES string of the molecule is NC(=O)c1csc(S(=O)(=O)NCC[C@H](c2ccccc2)c2ccco2)c1. The summed E-state index contributed by atoms with van der Waals surface area (Å²) in [4.78, 5) is 11.1. The van der Waals surface area contributed by atoms with E-state index in [-0.39, 0.29) is 22.2 Å². The van der Waals surface area contributed by atoms with Gasteiger partial charge >= 0.3 is 0 Å². The number of nitrogens with two attached hydrogens (primary N) is 1. The van der Waals surface area contributed by atoms with E-state index in [1.54, 1.807) is 6.26 Å². The normalized spacial score (nSPS) is 12.8. The molecule has 1 amide bonds. The van der Waals surface area contributed by atoms with Gasteiger partial charge in [-0.1, -0.05) is 30.3 Å². The number of furan rings is 1. The van der Waals surface area contributed by atoms with Crippen LogP contribution < -0.4 is 10.5 Å². The zero-order chi connectivity index (χ0) is 18.6. The number of hydrogen-bond acceptors (Lipinski definition) is 5. The van der Waals surface area contributed by atoms with Crippen molar-refractivity contribution >= 4 is 27.3 Å². The Morgan fingerprint density at radius 1 is 1.19 bits per heavy atom. The molecule has 0 aliphatic heterocycles. The fourth-order valence-electron chi connectivity index (χ4n) is 2.64. The Balaban J connectivity index is 1.70. The third-order valence-corrected chi connectivity index (χ3v) is 6.84. The molecule has 0 saturated heterocycles. The number of amides is 1. The van der Waals surface area contributed by atoms with E-state index in [1.807, 2.05) is 42.5 Å². The Hall–Kier alpha value is -2.42. The average Bonchev–Trinajstić information content (AvgIpc) is 3.31. The molecule has 2 aromatic heterocycles. The number of carbonyl (C=O) groups is 1. The summed E-state index contributed by atoms with van der Waals surface area (Å²) in [5.74, 6) is 0.0746. The van der Waals surface area contributed by atoms with Crippen LogP contribution in [0.15, 0.2) is 68.8 Å². The molecule has 0 bridgehead atoms. The van der Waals surface area contributed by atoms with E-state index >= 15 is 0 Å². The molecule has 3 aromatic rings. The fraction of sp³-hybridized carbons (Fsp3) is 0.167. The van der Waals surface area contributed by atoms with E-state index in [2.05, 4.69) is 4.72 Å². The first kappa shape index (κ1) is 18.4. The predicted molar refractivity (Wildman–Crippen MR) is 99.6 cm³/mol. The summed E-state index contributed by atoms with van der Waals surface area (Å²) in [7, 11) is -3.69. The molecule has 0 spiro atoms. The lowest BCUT2D eigenvalue weighted by atomic mass is 9.93. The number of primary amides is 1. The van der Waals surface area contributed by atoms with Gasteiger partial charge in [0.1, 0.15) is 9.97 Å². The van der Waals surface area contributed by atoms with E-state index in [4.69, 9.17) is 10.2 Å². The summed E-state index contributed by atoms with van der Waals surface area (Å²) in [6.07, 6.45) is 2.14. The van der Waals surface area contributed by atoms with Crippen molar-refractivity contribution in [3.63, 3.8) is 0 Å². The van der Waals surface area contributed by atoms with E-state index in [1.165, 1.54) is 11.4 Å². The average molecular weight is 390 g/mol. The molecular weight excluding hydrogens is 372 g/mol. The first-order valence-corrected chi connectivity index (χ1v) is 10.3. The Bertz CT molecular complexity index is 964. The molecular formula is C18H18N2O4S2. The first-order chi connectivity index (χ1) is 12.5. The molecule has 136 valence electrons. The Morgan fingerprint density at radius 2 is 1.96 bits per heavy atom. The number of hydrogen-bond donors (Lipinski definition) is 2. The topological polar surface area (TPSA) is 102 Å². The third kappa shape index (κ3) is 4.21. The summed E-state index contributed by atoms with van der Waals surface area (Å²) >= 11 is 0.968. The minimum Gasteiger partial charge on any atom is -0.469 e. The second-order valence-electron chi connectivity index (χ2n) is 5.68. The molecule has 6 nitrogen and oxygen atoms in total. The van der Waals surface area contributed by atoms with Crippen LogP contribution in [-0.4, -0.2) is 20.9 Å². The van der Waals surface area contributed by atoms with Crippen LogP contribution in [0.5, 0.6) is 0 Å². The van der Waals surface area contributed by atoms with Gasteiger partial charge in [0, 0.05) is 17.8 Å². The molecule has 3 N–H and O–H groups in total. The molecule has 0 fully saturated rings. The van der Waals surface area contributed by atoms with Gasteiger partial charge in [-0.2, -0.15) is 0 Å². The number of thiophene rings is 1. The van der Waals surface area contributed by atoms with Gasteiger partial charge in [-0.05, 0) is 30.2 Å². The van der Waals surface area contributed by atoms with Crippen molar-refractivity contribution in [1.82, 2.24) is 4.72 Å². The summed E-state index contributed by atoms with van der Waals surface area (Å²) in [5, 5.41) is 1.44. The van der Waals surface area contributed by atoms with Gasteiger partial charge in [-0.3, -0.25) is 4.79 Å². The highest BCUT2D eigenvalue weighted by molar-refractivity contribution is 7.91. The van der Waals surface area contributed by atoms with Crippen molar-refractivity contribution in [3.05, 3.63) is 77.1 Å². The van der Waals surface area contributed by atoms with Crippen molar-refractivity contribution in [1.29, 1.82) is 0 Å². The largest absolute Gasteiger partial charge is 0.469 e. The number of benzene rings is 1. The van der Waals surface area contributed by atoms with Crippen LogP contribution in [-0.2, 0) is 10.0 Å². The van der Waals surface area contributed by atoms with Crippen molar-refractivity contribution in [2.45, 2.75) is 16.5 Å². The van der Waals surface area contributed by atoms with Crippen molar-refractivity contribution in [2.75, 3.05) is 6.54 Å². The highest BCUT2D eigenvalue weighted by Gasteiger charge is 2.21. The molecule has 0 aliphatic carbocycles. The maximum Gasteiger partial charge on any atom is 0.250 e. The van der Waals surface area contributed by atoms with Crippen molar-refractivity contribution < 1.29 is 17.6 Å². The fourth-order valence-corrected chi connectivity index (χ4v) is 4.90. The lowest BCUT2D eigenvalue weighted by Gasteiger charge is -2.15. The highest BCUT2D eigenvalue weighted by atomic mass is 32.2. The van der Waals surface area contributed by atoms with Crippen LogP contribution in [0, 0.1) is 0 Å². The molecule has 8 heteroatoms. The number of rotatable bonds is 8. The van der Waals surface area contributed by atoms with Gasteiger partial charge in [0.15, 0.2) is 0 Å². The monoisotopic (exact) mass is 390 g/mol. The molecule has 0 radical (unpaired) electrons. The maximum absolute atomic E-state index is 12.4. The zero-order valence-electron chi connectivity index (χ0n) is 13.8. The third-order valence-electron chi connectivity index (χ3n) is 3.94. The number of carbonyl (C=O) groups excluding carboxylic acids is 1. The van der Waals surface area contributed by atoms with Crippen LogP contribution in [0.4, 0.5) is 0 Å². The van der Waals surface area contributed by atoms with Crippen LogP contribution in [0.1, 0.15) is 34.0 Å². The number of sulfonamides is 1. The molecule has 2 heterocycles. The molecule has 3 rings (SSSR count). The minimum atomic E-state index is -3.69. The molecule has 26 heavy (non-hydrogen) atoms. The summed E-state index contributed by atoms with van der Waals surface area (Å²) < 4.78 is 33.0. The van der Waals surface area contributed by atoms with Crippen LogP contribution in [0.3, 0.4) is 0 Å². The smallest absolute Gasteiger partial charge is 0.250 e. The highest BCUT2D eigenvalue weighted by Crippen LogP contribution is 2.28. The Morgan fingerprint density at radius 3 is 2.58 bits per heavy atom. The van der Waals surface area contributed by atoms with E-state index in [0.29, 0.717) is 6.42 Å². The van der Waals surface area contributed by atoms with Crippen molar-refractivity contribution in [3.8, 4) is 0 Å². The number of nitrogens with one attached hydrogen (secondary N) is 1. The lowest BCUT2D eigenvalue weighted by molar-refractivity contribution is 0.100. The molecule has 0 unspecified atom stereocenters. The van der Waals surface area contributed by atoms with E-state index in [0.717, 1.165) is 22.7 Å². The van der Waals surface area contributed by atoms with Crippen LogP contribution in [0.25, 0.3) is 0 Å². The molecule has 0 aliphatic rings. The Kier molecular flexibility index (Phi) is 5.55. The second kappa shape index (κ2) is 7.86. The quantitative estimate of drug-likeness (QED) is 0.617. The zero-order valence-corrected chi connectivity index (χ0v) is 15.4. The second-order valence-corrected chi connectivity index (χ2v) is 8.59. The lowest BCUT2D eigenvalue weighted by Crippen LogP contribution is -2.25. The van der Waals surface area contributed by atoms with Gasteiger partial charge in [0.2, 0.25) is 15.9 Å². The summed E-state index contributed by atoms with van der Waals surface area (Å²) in [6.45, 7) is 0.229. The van der Waals surface area contributed by atoms with Crippen LogP contribution in [0.2, 0.25) is 0 Å². The van der Waals surface area contributed by atoms with Crippen molar-refractivity contribution in [2.24, 2.45) is 5.73 Å². The van der Waals surface area contributed by atoms with Crippen LogP contribution >= 0.6 is 11.3 Å². The van der Waals surface area contributed by atoms with E-state index < -0.39 is 15.9 Å². The minimum absolute atomic E-state index is 0.0570. The molecule has 0 saturated carbocycles.